The van der Waals surface area contributed by atoms with Gasteiger partial charge in [-0.15, -0.1) is 0 Å². The van der Waals surface area contributed by atoms with E-state index in [1.165, 1.54) is 21.9 Å². The molecule has 0 atom stereocenters. The Hall–Kier alpha value is -4.30. The predicted molar refractivity (Wildman–Crippen MR) is 152 cm³/mol. The number of methoxy groups -OCH3 is 2. The Morgan fingerprint density at radius 2 is 0.750 bits per heavy atom. The molecule has 0 aromatic heterocycles. The van der Waals surface area contributed by atoms with Crippen LogP contribution in [0.15, 0.2) is 97.1 Å². The normalized spacial score (nSPS) is 11.3. The minimum atomic E-state index is 0.871. The van der Waals surface area contributed by atoms with E-state index in [0.717, 1.165) is 55.3 Å². The molecule has 2 heteroatoms. The summed E-state index contributed by atoms with van der Waals surface area (Å²) in [6, 6.07) is 34.6. The molecule has 2 nitrogen and oxygen atoms in total. The zero-order valence-electron chi connectivity index (χ0n) is 21.1. The molecule has 0 aliphatic rings. The molecule has 0 unspecified atom stereocenters. The van der Waals surface area contributed by atoms with E-state index >= 15 is 0 Å². The number of benzene rings is 6. The van der Waals surface area contributed by atoms with Crippen molar-refractivity contribution in [1.82, 2.24) is 0 Å². The molecule has 0 aliphatic carbocycles. The van der Waals surface area contributed by atoms with Crippen molar-refractivity contribution in [3.8, 4) is 33.8 Å². The van der Waals surface area contributed by atoms with Crippen LogP contribution < -0.4 is 9.47 Å². The molecule has 0 saturated heterocycles. The Labute approximate surface area is 211 Å². The fraction of sp³-hybridized carbons (Fsp3) is 0.118. The van der Waals surface area contributed by atoms with Gasteiger partial charge in [0.2, 0.25) is 0 Å². The van der Waals surface area contributed by atoms with Gasteiger partial charge in [-0.05, 0) is 35.7 Å². The van der Waals surface area contributed by atoms with Crippen LogP contribution >= 0.6 is 0 Å². The van der Waals surface area contributed by atoms with Crippen molar-refractivity contribution in [2.75, 3.05) is 14.2 Å². The van der Waals surface area contributed by atoms with Crippen LogP contribution in [-0.4, -0.2) is 14.2 Å². The monoisotopic (exact) mass is 468 g/mol. The fourth-order valence-electron chi connectivity index (χ4n) is 5.51. The van der Waals surface area contributed by atoms with E-state index < -0.39 is 0 Å². The van der Waals surface area contributed by atoms with Gasteiger partial charge in [0, 0.05) is 32.7 Å². The van der Waals surface area contributed by atoms with Gasteiger partial charge in [0.1, 0.15) is 11.5 Å². The van der Waals surface area contributed by atoms with Gasteiger partial charge in [-0.3, -0.25) is 0 Å². The Bertz CT molecular complexity index is 1610. The Morgan fingerprint density at radius 1 is 0.417 bits per heavy atom. The van der Waals surface area contributed by atoms with Crippen LogP contribution in [0.1, 0.15) is 11.1 Å². The molecule has 0 heterocycles. The molecular weight excluding hydrogens is 440 g/mol. The van der Waals surface area contributed by atoms with Gasteiger partial charge in [0.25, 0.3) is 0 Å². The summed E-state index contributed by atoms with van der Waals surface area (Å²) in [4.78, 5) is 0. The molecular formula is C34H28O2. The highest BCUT2D eigenvalue weighted by atomic mass is 16.5. The minimum Gasteiger partial charge on any atom is -0.495 e. The maximum atomic E-state index is 6.23. The summed E-state index contributed by atoms with van der Waals surface area (Å²) in [6.45, 7) is 4.25. The van der Waals surface area contributed by atoms with Crippen molar-refractivity contribution in [3.05, 3.63) is 108 Å². The van der Waals surface area contributed by atoms with E-state index in [0.29, 0.717) is 0 Å². The van der Waals surface area contributed by atoms with Crippen LogP contribution in [0.3, 0.4) is 0 Å². The second-order valence-corrected chi connectivity index (χ2v) is 9.39. The molecule has 0 radical (unpaired) electrons. The number of fused-ring (bicyclic) bond motifs is 3. The quantitative estimate of drug-likeness (QED) is 0.240. The topological polar surface area (TPSA) is 18.5 Å². The zero-order chi connectivity index (χ0) is 24.8. The minimum absolute atomic E-state index is 0.871. The summed E-state index contributed by atoms with van der Waals surface area (Å²) in [6.07, 6.45) is 0. The average molecular weight is 469 g/mol. The highest BCUT2D eigenvalue weighted by Gasteiger charge is 2.25. The van der Waals surface area contributed by atoms with Crippen molar-refractivity contribution in [2.24, 2.45) is 0 Å². The summed E-state index contributed by atoms with van der Waals surface area (Å²) in [5.41, 5.74) is 7.12. The molecule has 36 heavy (non-hydrogen) atoms. The van der Waals surface area contributed by atoms with Crippen LogP contribution in [0.4, 0.5) is 0 Å². The number of rotatable bonds is 4. The molecule has 0 bridgehead atoms. The number of hydrogen-bond acceptors (Lipinski definition) is 2. The molecule has 0 amide bonds. The lowest BCUT2D eigenvalue weighted by Crippen LogP contribution is -1.98. The molecule has 0 aliphatic heterocycles. The third-order valence-electron chi connectivity index (χ3n) is 7.17. The number of aryl methyl sites for hydroxylation is 2. The highest BCUT2D eigenvalue weighted by Crippen LogP contribution is 2.53. The largest absolute Gasteiger partial charge is 0.495 e. The second kappa shape index (κ2) is 8.73. The van der Waals surface area contributed by atoms with E-state index in [-0.39, 0.29) is 0 Å². The Balaban J connectivity index is 1.97. The van der Waals surface area contributed by atoms with Gasteiger partial charge in [0.05, 0.1) is 14.2 Å². The van der Waals surface area contributed by atoms with Gasteiger partial charge in [-0.2, -0.15) is 0 Å². The van der Waals surface area contributed by atoms with Crippen LogP contribution in [0, 0.1) is 13.8 Å². The van der Waals surface area contributed by atoms with Crippen molar-refractivity contribution in [3.63, 3.8) is 0 Å². The van der Waals surface area contributed by atoms with Gasteiger partial charge in [-0.25, -0.2) is 0 Å². The standard InChI is InChI=1S/C34H28O2/c1-21-13-17-23(18-14-21)29-25-9-5-6-10-26(25)30(24-19-15-22(2)16-20-24)32-31(29)33(35-3)27-11-7-8-12-28(27)34(32)36-4/h5-20H,1-4H3. The summed E-state index contributed by atoms with van der Waals surface area (Å²) >= 11 is 0. The number of hydrogen-bond donors (Lipinski definition) is 0. The van der Waals surface area contributed by atoms with Crippen molar-refractivity contribution >= 4 is 32.3 Å². The zero-order valence-corrected chi connectivity index (χ0v) is 21.1. The highest BCUT2D eigenvalue weighted by molar-refractivity contribution is 6.28. The third-order valence-corrected chi connectivity index (χ3v) is 7.17. The van der Waals surface area contributed by atoms with Gasteiger partial charge < -0.3 is 9.47 Å². The lowest BCUT2D eigenvalue weighted by atomic mass is 9.83. The van der Waals surface area contributed by atoms with Crippen LogP contribution in [0.5, 0.6) is 11.5 Å². The van der Waals surface area contributed by atoms with Crippen LogP contribution in [0.25, 0.3) is 54.6 Å². The van der Waals surface area contributed by atoms with E-state index in [1.807, 2.05) is 0 Å². The predicted octanol–water partition coefficient (Wildman–Crippen LogP) is 9.11. The van der Waals surface area contributed by atoms with E-state index in [2.05, 4.69) is 111 Å². The van der Waals surface area contributed by atoms with Gasteiger partial charge >= 0.3 is 0 Å². The maximum Gasteiger partial charge on any atom is 0.135 e. The first-order chi connectivity index (χ1) is 17.6. The number of ether oxygens (including phenoxy) is 2. The summed E-state index contributed by atoms with van der Waals surface area (Å²) in [7, 11) is 3.54. The first-order valence-electron chi connectivity index (χ1n) is 12.3. The maximum absolute atomic E-state index is 6.23. The smallest absolute Gasteiger partial charge is 0.135 e. The van der Waals surface area contributed by atoms with Crippen molar-refractivity contribution < 1.29 is 9.47 Å². The van der Waals surface area contributed by atoms with Crippen molar-refractivity contribution in [2.45, 2.75) is 13.8 Å². The van der Waals surface area contributed by atoms with Gasteiger partial charge in [-0.1, -0.05) is 108 Å². The summed E-state index contributed by atoms with van der Waals surface area (Å²) in [5, 5.41) is 6.63. The first-order valence-corrected chi connectivity index (χ1v) is 12.3. The van der Waals surface area contributed by atoms with E-state index in [4.69, 9.17) is 9.47 Å². The second-order valence-electron chi connectivity index (χ2n) is 9.39. The molecule has 6 aromatic rings. The summed E-state index contributed by atoms with van der Waals surface area (Å²) in [5.74, 6) is 1.74. The molecule has 0 saturated carbocycles. The molecule has 0 spiro atoms. The lowest BCUT2D eigenvalue weighted by molar-refractivity contribution is 0.418. The van der Waals surface area contributed by atoms with Crippen LogP contribution in [0.2, 0.25) is 0 Å². The summed E-state index contributed by atoms with van der Waals surface area (Å²) < 4.78 is 12.5. The Kier molecular flexibility index (Phi) is 5.38. The molecule has 6 rings (SSSR count). The molecule has 0 fully saturated rings. The first kappa shape index (κ1) is 22.2. The van der Waals surface area contributed by atoms with E-state index in [9.17, 15) is 0 Å². The average Bonchev–Trinajstić information content (AvgIpc) is 2.92. The molecule has 6 aromatic carbocycles. The van der Waals surface area contributed by atoms with Crippen LogP contribution in [-0.2, 0) is 0 Å². The third kappa shape index (κ3) is 3.33. The SMILES string of the molecule is COc1c2ccccc2c(OC)c2c(-c3ccc(C)cc3)c3ccccc3c(-c3ccc(C)cc3)c12. The van der Waals surface area contributed by atoms with Gasteiger partial charge in [0.15, 0.2) is 0 Å². The molecule has 176 valence electrons. The molecule has 0 N–H and O–H groups in total. The Morgan fingerprint density at radius 3 is 1.08 bits per heavy atom. The lowest BCUT2D eigenvalue weighted by Gasteiger charge is -2.23. The van der Waals surface area contributed by atoms with Crippen molar-refractivity contribution in [1.29, 1.82) is 0 Å². The fourth-order valence-corrected chi connectivity index (χ4v) is 5.51. The van der Waals surface area contributed by atoms with E-state index in [1.54, 1.807) is 14.2 Å².